The molecule has 5 nitrogen and oxygen atoms in total. The van der Waals surface area contributed by atoms with Crippen molar-refractivity contribution in [2.45, 2.75) is 13.8 Å². The van der Waals surface area contributed by atoms with E-state index < -0.39 is 0 Å². The highest BCUT2D eigenvalue weighted by atomic mass is 16.1. The lowest BCUT2D eigenvalue weighted by atomic mass is 10.1. The number of carbonyl (C=O) groups is 1. The van der Waals surface area contributed by atoms with Gasteiger partial charge in [0, 0.05) is 23.6 Å². The largest absolute Gasteiger partial charge is 0.320 e. The standard InChI is InChI=1S/C17H16N4O/c1-11-4-3-5-12(2)16(11)19-17(22)15-10-14(20-21-15)13-6-8-18-9-7-13/h3-10H,1-2H3,(H,19,22)(H,20,21). The van der Waals surface area contributed by atoms with Gasteiger partial charge in [-0.25, -0.2) is 0 Å². The Balaban J connectivity index is 1.83. The van der Waals surface area contributed by atoms with E-state index in [-0.39, 0.29) is 5.91 Å². The summed E-state index contributed by atoms with van der Waals surface area (Å²) in [6.07, 6.45) is 3.39. The maximum Gasteiger partial charge on any atom is 0.273 e. The first kappa shape index (κ1) is 14.0. The number of nitrogens with one attached hydrogen (secondary N) is 2. The summed E-state index contributed by atoms with van der Waals surface area (Å²) in [6.45, 7) is 3.94. The Labute approximate surface area is 128 Å². The number of anilines is 1. The van der Waals surface area contributed by atoms with E-state index in [0.717, 1.165) is 22.4 Å². The Morgan fingerprint density at radius 2 is 1.77 bits per heavy atom. The van der Waals surface area contributed by atoms with Crippen LogP contribution < -0.4 is 5.32 Å². The fraction of sp³-hybridized carbons (Fsp3) is 0.118. The molecule has 0 atom stereocenters. The lowest BCUT2D eigenvalue weighted by molar-refractivity contribution is 0.102. The van der Waals surface area contributed by atoms with Gasteiger partial charge in [-0.3, -0.25) is 14.9 Å². The van der Waals surface area contributed by atoms with Crippen LogP contribution in [0.4, 0.5) is 5.69 Å². The van der Waals surface area contributed by atoms with Gasteiger partial charge in [-0.15, -0.1) is 0 Å². The molecule has 3 aromatic rings. The van der Waals surface area contributed by atoms with Crippen LogP contribution >= 0.6 is 0 Å². The van der Waals surface area contributed by atoms with E-state index >= 15 is 0 Å². The first-order valence-corrected chi connectivity index (χ1v) is 6.98. The number of pyridine rings is 1. The summed E-state index contributed by atoms with van der Waals surface area (Å²) < 4.78 is 0. The SMILES string of the molecule is Cc1cccc(C)c1NC(=O)c1cc(-c2ccncc2)n[nH]1. The van der Waals surface area contributed by atoms with Gasteiger partial charge in [-0.2, -0.15) is 5.10 Å². The van der Waals surface area contributed by atoms with Crippen LogP contribution in [0.15, 0.2) is 48.8 Å². The van der Waals surface area contributed by atoms with Gasteiger partial charge in [-0.1, -0.05) is 18.2 Å². The van der Waals surface area contributed by atoms with Gasteiger partial charge in [0.25, 0.3) is 5.91 Å². The molecule has 2 aromatic heterocycles. The van der Waals surface area contributed by atoms with E-state index in [1.54, 1.807) is 18.5 Å². The van der Waals surface area contributed by atoms with E-state index in [2.05, 4.69) is 20.5 Å². The number of benzene rings is 1. The molecular formula is C17H16N4O. The summed E-state index contributed by atoms with van der Waals surface area (Å²) in [5, 5.41) is 9.90. The van der Waals surface area contributed by atoms with Gasteiger partial charge in [0.1, 0.15) is 5.69 Å². The fourth-order valence-electron chi connectivity index (χ4n) is 2.30. The molecule has 1 aromatic carbocycles. The van der Waals surface area contributed by atoms with Crippen LogP contribution in [0.2, 0.25) is 0 Å². The van der Waals surface area contributed by atoms with Crippen LogP contribution in [0.1, 0.15) is 21.6 Å². The molecule has 0 radical (unpaired) electrons. The highest BCUT2D eigenvalue weighted by molar-refractivity contribution is 6.04. The second kappa shape index (κ2) is 5.81. The molecule has 3 rings (SSSR count). The normalized spacial score (nSPS) is 10.5. The molecule has 0 saturated carbocycles. The number of hydrogen-bond acceptors (Lipinski definition) is 3. The molecule has 22 heavy (non-hydrogen) atoms. The average Bonchev–Trinajstić information content (AvgIpc) is 3.02. The van der Waals surface area contributed by atoms with E-state index in [9.17, 15) is 4.79 Å². The maximum atomic E-state index is 12.4. The van der Waals surface area contributed by atoms with Crippen molar-refractivity contribution in [3.8, 4) is 11.3 Å². The molecule has 0 unspecified atom stereocenters. The van der Waals surface area contributed by atoms with Crippen molar-refractivity contribution in [1.29, 1.82) is 0 Å². The second-order valence-corrected chi connectivity index (χ2v) is 5.12. The van der Waals surface area contributed by atoms with Crippen molar-refractivity contribution in [1.82, 2.24) is 15.2 Å². The Morgan fingerprint density at radius 1 is 1.09 bits per heavy atom. The molecule has 110 valence electrons. The summed E-state index contributed by atoms with van der Waals surface area (Å²) in [4.78, 5) is 16.3. The third-order valence-electron chi connectivity index (χ3n) is 3.52. The number of carbonyl (C=O) groups excluding carboxylic acids is 1. The Morgan fingerprint density at radius 3 is 2.45 bits per heavy atom. The number of aromatic amines is 1. The monoisotopic (exact) mass is 292 g/mol. The van der Waals surface area contributed by atoms with Crippen LogP contribution in [-0.4, -0.2) is 21.1 Å². The third-order valence-corrected chi connectivity index (χ3v) is 3.52. The Kier molecular flexibility index (Phi) is 3.70. The number of rotatable bonds is 3. The van der Waals surface area contributed by atoms with Crippen molar-refractivity contribution in [2.24, 2.45) is 0 Å². The van der Waals surface area contributed by atoms with Gasteiger partial charge in [0.15, 0.2) is 0 Å². The molecule has 0 spiro atoms. The van der Waals surface area contributed by atoms with Crippen molar-refractivity contribution >= 4 is 11.6 Å². The van der Waals surface area contributed by atoms with Gasteiger partial charge in [0.2, 0.25) is 0 Å². The molecule has 2 N–H and O–H groups in total. The number of H-pyrrole nitrogens is 1. The molecule has 0 aliphatic rings. The smallest absolute Gasteiger partial charge is 0.273 e. The minimum atomic E-state index is -0.204. The van der Waals surface area contributed by atoms with E-state index in [1.165, 1.54) is 0 Å². The Bertz CT molecular complexity index is 788. The summed E-state index contributed by atoms with van der Waals surface area (Å²) in [5.74, 6) is -0.204. The first-order valence-electron chi connectivity index (χ1n) is 6.98. The van der Waals surface area contributed by atoms with Gasteiger partial charge >= 0.3 is 0 Å². The summed E-state index contributed by atoms with van der Waals surface area (Å²) in [6, 6.07) is 11.3. The number of aromatic nitrogens is 3. The highest BCUT2D eigenvalue weighted by Crippen LogP contribution is 2.21. The van der Waals surface area contributed by atoms with Gasteiger partial charge in [0.05, 0.1) is 5.69 Å². The van der Waals surface area contributed by atoms with Crippen molar-refractivity contribution in [2.75, 3.05) is 5.32 Å². The van der Waals surface area contributed by atoms with Crippen LogP contribution in [-0.2, 0) is 0 Å². The summed E-state index contributed by atoms with van der Waals surface area (Å²) in [7, 11) is 0. The fourth-order valence-corrected chi connectivity index (χ4v) is 2.30. The molecule has 0 aliphatic heterocycles. The van der Waals surface area contributed by atoms with Crippen molar-refractivity contribution < 1.29 is 4.79 Å². The van der Waals surface area contributed by atoms with Crippen molar-refractivity contribution in [3.05, 3.63) is 65.6 Å². The lowest BCUT2D eigenvalue weighted by Gasteiger charge is -2.10. The van der Waals surface area contributed by atoms with Crippen LogP contribution in [0.3, 0.4) is 0 Å². The minimum absolute atomic E-state index is 0.204. The van der Waals surface area contributed by atoms with E-state index in [0.29, 0.717) is 11.4 Å². The molecule has 0 saturated heterocycles. The number of amides is 1. The molecule has 0 fully saturated rings. The molecule has 0 aliphatic carbocycles. The van der Waals surface area contributed by atoms with Crippen LogP contribution in [0, 0.1) is 13.8 Å². The summed E-state index contributed by atoms with van der Waals surface area (Å²) in [5.41, 5.74) is 4.96. The predicted molar refractivity (Wildman–Crippen MR) is 85.7 cm³/mol. The van der Waals surface area contributed by atoms with Crippen LogP contribution in [0.25, 0.3) is 11.3 Å². The Hall–Kier alpha value is -2.95. The van der Waals surface area contributed by atoms with Crippen LogP contribution in [0.5, 0.6) is 0 Å². The third kappa shape index (κ3) is 2.74. The quantitative estimate of drug-likeness (QED) is 0.777. The highest BCUT2D eigenvalue weighted by Gasteiger charge is 2.13. The van der Waals surface area contributed by atoms with Gasteiger partial charge < -0.3 is 5.32 Å². The zero-order valence-electron chi connectivity index (χ0n) is 12.4. The molecule has 1 amide bonds. The minimum Gasteiger partial charge on any atom is -0.320 e. The number of nitrogens with zero attached hydrogens (tertiary/aromatic N) is 2. The topological polar surface area (TPSA) is 70.7 Å². The number of para-hydroxylation sites is 1. The molecular weight excluding hydrogens is 276 g/mol. The maximum absolute atomic E-state index is 12.4. The number of hydrogen-bond donors (Lipinski definition) is 2. The zero-order chi connectivity index (χ0) is 15.5. The zero-order valence-corrected chi connectivity index (χ0v) is 12.4. The second-order valence-electron chi connectivity index (χ2n) is 5.12. The van der Waals surface area contributed by atoms with Gasteiger partial charge in [-0.05, 0) is 43.2 Å². The molecule has 5 heteroatoms. The lowest BCUT2D eigenvalue weighted by Crippen LogP contribution is -2.14. The summed E-state index contributed by atoms with van der Waals surface area (Å²) >= 11 is 0. The molecule has 0 bridgehead atoms. The average molecular weight is 292 g/mol. The van der Waals surface area contributed by atoms with Crippen molar-refractivity contribution in [3.63, 3.8) is 0 Å². The van der Waals surface area contributed by atoms with E-state index in [4.69, 9.17) is 0 Å². The molecule has 2 heterocycles. The predicted octanol–water partition coefficient (Wildman–Crippen LogP) is 3.34. The first-order chi connectivity index (χ1) is 10.6. The number of aryl methyl sites for hydroxylation is 2. The van der Waals surface area contributed by atoms with E-state index in [1.807, 2.05) is 44.2 Å².